The Labute approximate surface area is 281 Å². The van der Waals surface area contributed by atoms with Gasteiger partial charge in [0.05, 0.1) is 30.5 Å². The Morgan fingerprint density at radius 3 is 2.19 bits per heavy atom. The van der Waals surface area contributed by atoms with Crippen molar-refractivity contribution in [1.82, 2.24) is 15.6 Å². The first-order valence-corrected chi connectivity index (χ1v) is 16.2. The van der Waals surface area contributed by atoms with Gasteiger partial charge in [-0.3, -0.25) is 14.4 Å². The first-order chi connectivity index (χ1) is 23.3. The minimum Gasteiger partial charge on any atom is -0.463 e. The summed E-state index contributed by atoms with van der Waals surface area (Å²) in [6.45, 7) is 7.21. The zero-order valence-electron chi connectivity index (χ0n) is 27.1. The van der Waals surface area contributed by atoms with Crippen LogP contribution in [0.5, 0.6) is 0 Å². The zero-order chi connectivity index (χ0) is 34.3. The van der Waals surface area contributed by atoms with Gasteiger partial charge in [0, 0.05) is 23.5 Å². The molecule has 0 bridgehead atoms. The van der Waals surface area contributed by atoms with E-state index in [2.05, 4.69) is 28.8 Å². The fourth-order valence-electron chi connectivity index (χ4n) is 5.76. The summed E-state index contributed by atoms with van der Waals surface area (Å²) in [5.41, 5.74) is 3.64. The van der Waals surface area contributed by atoms with E-state index in [1.54, 1.807) is 24.3 Å². The summed E-state index contributed by atoms with van der Waals surface area (Å²) in [5, 5.41) is 16.8. The lowest BCUT2D eigenvalue weighted by molar-refractivity contribution is -0.149. The molecule has 8 nitrogen and oxygen atoms in total. The highest BCUT2D eigenvalue weighted by molar-refractivity contribution is 5.87. The van der Waals surface area contributed by atoms with Gasteiger partial charge in [-0.25, -0.2) is 4.39 Å². The van der Waals surface area contributed by atoms with Crippen LogP contribution in [-0.4, -0.2) is 53.2 Å². The van der Waals surface area contributed by atoms with Crippen LogP contribution in [0.15, 0.2) is 110 Å². The van der Waals surface area contributed by atoms with Gasteiger partial charge in [0.2, 0.25) is 11.8 Å². The van der Waals surface area contributed by atoms with Crippen molar-refractivity contribution in [1.29, 1.82) is 0 Å². The van der Waals surface area contributed by atoms with Gasteiger partial charge >= 0.3 is 5.97 Å². The molecule has 0 radical (unpaired) electrons. The summed E-state index contributed by atoms with van der Waals surface area (Å²) in [6.07, 6.45) is 6.78. The number of esters is 1. The van der Waals surface area contributed by atoms with Crippen LogP contribution in [0.4, 0.5) is 4.39 Å². The van der Waals surface area contributed by atoms with Crippen molar-refractivity contribution in [2.75, 3.05) is 13.2 Å². The van der Waals surface area contributed by atoms with Crippen LogP contribution in [0.1, 0.15) is 36.0 Å². The second-order valence-electron chi connectivity index (χ2n) is 12.0. The van der Waals surface area contributed by atoms with Crippen LogP contribution < -0.4 is 10.6 Å². The lowest BCUT2D eigenvalue weighted by Crippen LogP contribution is -2.45. The van der Waals surface area contributed by atoms with E-state index in [-0.39, 0.29) is 43.7 Å². The van der Waals surface area contributed by atoms with E-state index in [0.29, 0.717) is 25.7 Å². The van der Waals surface area contributed by atoms with E-state index in [4.69, 9.17) is 4.74 Å². The average molecular weight is 654 g/mol. The van der Waals surface area contributed by atoms with Gasteiger partial charge in [0.1, 0.15) is 12.4 Å². The number of hydrogen-bond donors (Lipinski definition) is 4. The number of carbonyl (C=O) groups is 3. The fourth-order valence-corrected chi connectivity index (χ4v) is 5.76. The molecule has 0 saturated carbocycles. The Balaban J connectivity index is 1.45. The number of para-hydroxylation sites is 1. The standard InChI is InChI=1S/C39H44FN3O5/c1-3-10-29(23-37(45)42-33(25-44)21-27-12-6-5-7-13-27)38(46)43-34(22-31-24-41-36-15-9-8-14-35(31)36)26-48-39(47)30(11-4-2)20-28-16-18-32(40)19-17-28/h3-9,12-19,24,29-30,33-34,41,44H,1-2,10-11,20-23,25-26H2,(H,42,45)(H,43,46)/t29-,30-,33+,34-/m0/s1. The van der Waals surface area contributed by atoms with Gasteiger partial charge in [0.25, 0.3) is 0 Å². The number of allylic oxidation sites excluding steroid dienone is 2. The third-order valence-corrected chi connectivity index (χ3v) is 8.26. The van der Waals surface area contributed by atoms with Crippen molar-refractivity contribution in [2.45, 2.75) is 50.6 Å². The van der Waals surface area contributed by atoms with E-state index in [0.717, 1.165) is 27.6 Å². The number of hydrogen-bond acceptors (Lipinski definition) is 5. The third kappa shape index (κ3) is 10.8. The number of carbonyl (C=O) groups excluding carboxylic acids is 3. The van der Waals surface area contributed by atoms with Gasteiger partial charge in [0.15, 0.2) is 0 Å². The Morgan fingerprint density at radius 2 is 1.48 bits per heavy atom. The molecule has 252 valence electrons. The van der Waals surface area contributed by atoms with Gasteiger partial charge in [-0.05, 0) is 67.0 Å². The second-order valence-corrected chi connectivity index (χ2v) is 12.0. The first kappa shape index (κ1) is 35.8. The molecule has 2 amide bonds. The maximum absolute atomic E-state index is 13.7. The summed E-state index contributed by atoms with van der Waals surface area (Å²) in [5.74, 6) is -2.81. The van der Waals surface area contributed by atoms with Crippen molar-refractivity contribution in [3.8, 4) is 0 Å². The monoisotopic (exact) mass is 653 g/mol. The molecule has 0 aliphatic heterocycles. The summed E-state index contributed by atoms with van der Waals surface area (Å²) < 4.78 is 19.3. The van der Waals surface area contributed by atoms with Crippen LogP contribution in [0.2, 0.25) is 0 Å². The molecule has 9 heteroatoms. The molecule has 1 heterocycles. The number of fused-ring (bicyclic) bond motifs is 1. The lowest BCUT2D eigenvalue weighted by atomic mass is 9.96. The van der Waals surface area contributed by atoms with Crippen LogP contribution >= 0.6 is 0 Å². The normalized spacial score (nSPS) is 13.5. The third-order valence-electron chi connectivity index (χ3n) is 8.26. The molecule has 0 unspecified atom stereocenters. The molecule has 4 N–H and O–H groups in total. The van der Waals surface area contributed by atoms with Crippen molar-refractivity contribution >= 4 is 28.7 Å². The van der Waals surface area contributed by atoms with Crippen LogP contribution in [0.3, 0.4) is 0 Å². The van der Waals surface area contributed by atoms with Crippen molar-refractivity contribution in [2.24, 2.45) is 11.8 Å². The van der Waals surface area contributed by atoms with Gasteiger partial charge < -0.3 is 25.5 Å². The van der Waals surface area contributed by atoms with E-state index in [9.17, 15) is 23.9 Å². The molecular weight excluding hydrogens is 609 g/mol. The smallest absolute Gasteiger partial charge is 0.309 e. The van der Waals surface area contributed by atoms with Crippen molar-refractivity contribution in [3.05, 3.63) is 133 Å². The quantitative estimate of drug-likeness (QED) is 0.0775. The number of aromatic nitrogens is 1. The van der Waals surface area contributed by atoms with E-state index in [1.807, 2.05) is 60.8 Å². The van der Waals surface area contributed by atoms with E-state index in [1.165, 1.54) is 12.1 Å². The zero-order valence-corrected chi connectivity index (χ0v) is 27.1. The molecule has 48 heavy (non-hydrogen) atoms. The minimum atomic E-state index is -0.730. The molecule has 4 rings (SSSR count). The number of aromatic amines is 1. The van der Waals surface area contributed by atoms with Crippen molar-refractivity contribution < 1.29 is 28.6 Å². The average Bonchev–Trinajstić information content (AvgIpc) is 3.50. The number of H-pyrrole nitrogens is 1. The summed E-state index contributed by atoms with van der Waals surface area (Å²) in [7, 11) is 0. The summed E-state index contributed by atoms with van der Waals surface area (Å²) >= 11 is 0. The number of nitrogens with one attached hydrogen (secondary N) is 3. The number of rotatable bonds is 19. The molecule has 0 fully saturated rings. The number of aliphatic hydroxyl groups excluding tert-OH is 1. The minimum absolute atomic E-state index is 0.0994. The van der Waals surface area contributed by atoms with Crippen LogP contribution in [0.25, 0.3) is 10.9 Å². The molecular formula is C39H44FN3O5. The van der Waals surface area contributed by atoms with Crippen LogP contribution in [0, 0.1) is 17.7 Å². The predicted molar refractivity (Wildman–Crippen MR) is 185 cm³/mol. The van der Waals surface area contributed by atoms with E-state index < -0.39 is 29.9 Å². The molecule has 4 aromatic rings. The molecule has 1 aromatic heterocycles. The number of ether oxygens (including phenoxy) is 1. The first-order valence-electron chi connectivity index (χ1n) is 16.2. The second kappa shape index (κ2) is 18.4. The predicted octanol–water partition coefficient (Wildman–Crippen LogP) is 5.61. The molecule has 0 aliphatic rings. The van der Waals surface area contributed by atoms with Crippen molar-refractivity contribution in [3.63, 3.8) is 0 Å². The molecule has 0 aliphatic carbocycles. The van der Waals surface area contributed by atoms with E-state index >= 15 is 0 Å². The number of aliphatic hydroxyl groups is 1. The highest BCUT2D eigenvalue weighted by Gasteiger charge is 2.27. The summed E-state index contributed by atoms with van der Waals surface area (Å²) in [6, 6.07) is 22.2. The largest absolute Gasteiger partial charge is 0.463 e. The SMILES string of the molecule is C=CC[C@@H](CC(=O)N[C@@H](CO)Cc1ccccc1)C(=O)N[C@H](COC(=O)[C@@H](CC=C)Cc1ccc(F)cc1)Cc1c[nH]c2ccccc12. The lowest BCUT2D eigenvalue weighted by Gasteiger charge is -2.24. The molecule has 3 aromatic carbocycles. The van der Waals surface area contributed by atoms with Gasteiger partial charge in [-0.1, -0.05) is 72.8 Å². The Bertz CT molecular complexity index is 1650. The molecule has 4 atom stereocenters. The fraction of sp³-hybridized carbons (Fsp3) is 0.308. The van der Waals surface area contributed by atoms with Crippen LogP contribution in [-0.2, 0) is 38.4 Å². The topological polar surface area (TPSA) is 121 Å². The Kier molecular flexibility index (Phi) is 13.7. The Morgan fingerprint density at radius 1 is 0.812 bits per heavy atom. The summed E-state index contributed by atoms with van der Waals surface area (Å²) in [4.78, 5) is 43.3. The maximum Gasteiger partial charge on any atom is 0.309 e. The Hall–Kier alpha value is -5.02. The van der Waals surface area contributed by atoms with Gasteiger partial charge in [-0.15, -0.1) is 13.2 Å². The highest BCUT2D eigenvalue weighted by atomic mass is 19.1. The number of amides is 2. The number of halogens is 1. The van der Waals surface area contributed by atoms with Gasteiger partial charge in [-0.2, -0.15) is 0 Å². The number of benzene rings is 3. The molecule has 0 saturated heterocycles. The molecule has 0 spiro atoms. The highest BCUT2D eigenvalue weighted by Crippen LogP contribution is 2.21. The maximum atomic E-state index is 13.7.